The molecule has 0 atom stereocenters. The molecule has 8 aromatic rings. The van der Waals surface area contributed by atoms with Gasteiger partial charge in [0, 0.05) is 15.4 Å². The van der Waals surface area contributed by atoms with Crippen LogP contribution in [0.4, 0.5) is 0 Å². The molecule has 0 saturated heterocycles. The van der Waals surface area contributed by atoms with Crippen LogP contribution in [0.5, 0.6) is 0 Å². The van der Waals surface area contributed by atoms with Gasteiger partial charge in [-0.1, -0.05) is 200 Å². The Balaban J connectivity index is 0.000000199. The summed E-state index contributed by atoms with van der Waals surface area (Å²) in [5.74, 6) is 0.107. The largest absolute Gasteiger partial charge is 0.384 e. The second-order valence-corrected chi connectivity index (χ2v) is 14.3. The normalized spacial score (nSPS) is 10.6. The van der Waals surface area contributed by atoms with Gasteiger partial charge < -0.3 is 5.73 Å². The molecule has 0 aliphatic rings. The van der Waals surface area contributed by atoms with E-state index in [0.717, 1.165) is 27.3 Å². The summed E-state index contributed by atoms with van der Waals surface area (Å²) in [6.45, 7) is 2.02. The van der Waals surface area contributed by atoms with Crippen LogP contribution in [0.2, 0.25) is 0 Å². The van der Waals surface area contributed by atoms with Crippen LogP contribution in [0, 0.1) is 12.3 Å². The number of rotatable bonds is 9. The summed E-state index contributed by atoms with van der Waals surface area (Å²) in [6, 6.07) is 72.4. The third-order valence-electron chi connectivity index (χ3n) is 9.51. The molecule has 0 aliphatic heterocycles. The monoisotopic (exact) mass is 714 g/mol. The van der Waals surface area contributed by atoms with Crippen molar-refractivity contribution in [2.45, 2.75) is 23.1 Å². The summed E-state index contributed by atoms with van der Waals surface area (Å²) in [7, 11) is 0. The Hall–Kier alpha value is -6.42. The summed E-state index contributed by atoms with van der Waals surface area (Å²) < 4.78 is 0. The molecule has 0 heterocycles. The van der Waals surface area contributed by atoms with Crippen LogP contribution in [-0.4, -0.2) is 5.84 Å². The van der Waals surface area contributed by atoms with Gasteiger partial charge in [-0.3, -0.25) is 5.41 Å². The van der Waals surface area contributed by atoms with Crippen LogP contribution in [0.25, 0.3) is 44.5 Å². The Labute approximate surface area is 323 Å². The summed E-state index contributed by atoms with van der Waals surface area (Å²) in [5, 5.41) is 7.76. The average Bonchev–Trinajstić information content (AvgIpc) is 3.23. The summed E-state index contributed by atoms with van der Waals surface area (Å²) in [5.41, 5.74) is 20.1. The predicted octanol–water partition coefficient (Wildman–Crippen LogP) is 13.4. The van der Waals surface area contributed by atoms with Crippen LogP contribution in [0.15, 0.2) is 216 Å². The lowest BCUT2D eigenvalue weighted by atomic mass is 9.98. The molecule has 54 heavy (non-hydrogen) atoms. The van der Waals surface area contributed by atoms with Crippen molar-refractivity contribution in [1.82, 2.24) is 0 Å². The number of hydrogen-bond acceptors (Lipinski definition) is 2. The van der Waals surface area contributed by atoms with Gasteiger partial charge in [0.25, 0.3) is 0 Å². The van der Waals surface area contributed by atoms with Gasteiger partial charge in [-0.15, -0.1) is 0 Å². The minimum Gasteiger partial charge on any atom is -0.384 e. The van der Waals surface area contributed by atoms with Crippen molar-refractivity contribution >= 4 is 17.6 Å². The lowest BCUT2D eigenvalue weighted by Crippen LogP contribution is -2.12. The van der Waals surface area contributed by atoms with Gasteiger partial charge in [0.2, 0.25) is 0 Å². The van der Waals surface area contributed by atoms with Gasteiger partial charge in [-0.05, 0) is 92.7 Å². The van der Waals surface area contributed by atoms with Crippen molar-refractivity contribution in [2.24, 2.45) is 5.73 Å². The number of nitrogens with two attached hydrogens (primary N) is 1. The molecule has 8 aromatic carbocycles. The van der Waals surface area contributed by atoms with E-state index in [-0.39, 0.29) is 5.84 Å². The van der Waals surface area contributed by atoms with Crippen molar-refractivity contribution in [3.8, 4) is 44.5 Å². The van der Waals surface area contributed by atoms with E-state index in [4.69, 9.17) is 11.1 Å². The molecule has 0 amide bonds. The van der Waals surface area contributed by atoms with Gasteiger partial charge >= 0.3 is 0 Å². The zero-order chi connectivity index (χ0) is 37.1. The third-order valence-corrected chi connectivity index (χ3v) is 10.7. The van der Waals surface area contributed by atoms with Crippen LogP contribution in [0.3, 0.4) is 0 Å². The highest BCUT2D eigenvalue weighted by atomic mass is 32.2. The highest BCUT2D eigenvalue weighted by Crippen LogP contribution is 2.34. The van der Waals surface area contributed by atoms with Crippen molar-refractivity contribution in [3.63, 3.8) is 0 Å². The highest BCUT2D eigenvalue weighted by molar-refractivity contribution is 7.99. The van der Waals surface area contributed by atoms with Crippen molar-refractivity contribution < 1.29 is 0 Å². The number of benzene rings is 8. The molecule has 0 radical (unpaired) electrons. The second kappa shape index (κ2) is 17.4. The Kier molecular flexibility index (Phi) is 11.6. The number of amidine groups is 1. The number of hydrogen-bond donors (Lipinski definition) is 2. The SMILES string of the molecule is Cc1c(Sc2ccc(-c3ccc(-c4ccc(-c5ccccc5)cc4)cc3)cc2)cccc1C(=N)N.c1ccc(Cc2ccc(-c3ccccc3)cc2)cc1. The van der Waals surface area contributed by atoms with Gasteiger partial charge in [0.05, 0.1) is 0 Å². The first-order valence-corrected chi connectivity index (χ1v) is 19.0. The van der Waals surface area contributed by atoms with Crippen LogP contribution in [0.1, 0.15) is 22.3 Å². The van der Waals surface area contributed by atoms with Crippen LogP contribution >= 0.6 is 11.8 Å². The summed E-state index contributed by atoms with van der Waals surface area (Å²) >= 11 is 1.70. The molecule has 262 valence electrons. The van der Waals surface area contributed by atoms with E-state index in [1.54, 1.807) is 11.8 Å². The Bertz CT molecular complexity index is 2400. The van der Waals surface area contributed by atoms with E-state index in [9.17, 15) is 0 Å². The van der Waals surface area contributed by atoms with Crippen molar-refractivity contribution in [3.05, 3.63) is 229 Å². The lowest BCUT2D eigenvalue weighted by molar-refractivity contribution is 1.19. The first-order chi connectivity index (χ1) is 26.5. The zero-order valence-electron chi connectivity index (χ0n) is 30.3. The standard InChI is InChI=1S/C32H26N2S.C19H16/c1-22-30(32(33)34)8-5-9-31(22)35-29-20-18-28(19-21-29)27-16-14-26(15-17-27)25-12-10-24(11-13-25)23-6-3-2-4-7-23;1-3-7-16(8-4-1)15-17-11-13-19(14-12-17)18-9-5-2-6-10-18/h2-21H,1H3,(H3,33,34);1-14H,15H2. The fourth-order valence-electron chi connectivity index (χ4n) is 6.48. The van der Waals surface area contributed by atoms with Gasteiger partial charge in [-0.25, -0.2) is 0 Å². The second-order valence-electron chi connectivity index (χ2n) is 13.2. The first-order valence-electron chi connectivity index (χ1n) is 18.2. The minimum atomic E-state index is 0.107. The maximum Gasteiger partial charge on any atom is 0.123 e. The molecule has 0 saturated carbocycles. The van der Waals surface area contributed by atoms with Crippen molar-refractivity contribution in [2.75, 3.05) is 0 Å². The fourth-order valence-corrected chi connectivity index (χ4v) is 7.41. The third kappa shape index (κ3) is 9.14. The quantitative estimate of drug-likeness (QED) is 0.115. The molecule has 3 heteroatoms. The molecule has 3 N–H and O–H groups in total. The summed E-state index contributed by atoms with van der Waals surface area (Å²) in [4.78, 5) is 2.28. The molecule has 0 aliphatic carbocycles. The fraction of sp³-hybridized carbons (Fsp3) is 0.0392. The molecule has 0 spiro atoms. The molecular weight excluding hydrogens is 673 g/mol. The number of nitrogens with one attached hydrogen (secondary N) is 1. The molecule has 8 rings (SSSR count). The van der Waals surface area contributed by atoms with Gasteiger partial charge in [0.1, 0.15) is 5.84 Å². The molecular formula is C51H42N2S. The van der Waals surface area contributed by atoms with Gasteiger partial charge in [-0.2, -0.15) is 0 Å². The maximum absolute atomic E-state index is 7.76. The molecule has 2 nitrogen and oxygen atoms in total. The molecule has 0 bridgehead atoms. The smallest absolute Gasteiger partial charge is 0.123 e. The van der Waals surface area contributed by atoms with E-state index in [0.29, 0.717) is 0 Å². The van der Waals surface area contributed by atoms with Crippen LogP contribution < -0.4 is 5.73 Å². The topological polar surface area (TPSA) is 49.9 Å². The maximum atomic E-state index is 7.76. The Morgan fingerprint density at radius 3 is 1.19 bits per heavy atom. The minimum absolute atomic E-state index is 0.107. The highest BCUT2D eigenvalue weighted by Gasteiger charge is 2.09. The van der Waals surface area contributed by atoms with Gasteiger partial charge in [0.15, 0.2) is 0 Å². The average molecular weight is 715 g/mol. The van der Waals surface area contributed by atoms with Crippen LogP contribution in [-0.2, 0) is 6.42 Å². The van der Waals surface area contributed by atoms with E-state index in [1.165, 1.54) is 55.6 Å². The molecule has 0 aromatic heterocycles. The summed E-state index contributed by atoms with van der Waals surface area (Å²) in [6.07, 6.45) is 0.996. The van der Waals surface area contributed by atoms with E-state index in [2.05, 4.69) is 182 Å². The zero-order valence-corrected chi connectivity index (χ0v) is 31.1. The predicted molar refractivity (Wildman–Crippen MR) is 230 cm³/mol. The Morgan fingerprint density at radius 2 is 0.759 bits per heavy atom. The Morgan fingerprint density at radius 1 is 0.407 bits per heavy atom. The van der Waals surface area contributed by atoms with E-state index >= 15 is 0 Å². The number of nitrogen functional groups attached to an aromatic ring is 1. The lowest BCUT2D eigenvalue weighted by Gasteiger charge is -2.11. The van der Waals surface area contributed by atoms with E-state index < -0.39 is 0 Å². The van der Waals surface area contributed by atoms with E-state index in [1.807, 2.05) is 31.2 Å². The molecule has 0 fully saturated rings. The van der Waals surface area contributed by atoms with Crippen molar-refractivity contribution in [1.29, 1.82) is 5.41 Å². The first kappa shape index (κ1) is 36.0. The molecule has 0 unspecified atom stereocenters.